The summed E-state index contributed by atoms with van der Waals surface area (Å²) in [5.41, 5.74) is 1.62. The van der Waals surface area contributed by atoms with Crippen molar-refractivity contribution in [3.05, 3.63) is 44.1 Å². The summed E-state index contributed by atoms with van der Waals surface area (Å²) < 4.78 is 0.665. The van der Waals surface area contributed by atoms with E-state index in [9.17, 15) is 4.79 Å². The summed E-state index contributed by atoms with van der Waals surface area (Å²) in [6.45, 7) is 1.99. The molecule has 0 atom stereocenters. The van der Waals surface area contributed by atoms with E-state index in [1.54, 1.807) is 12.4 Å². The van der Waals surface area contributed by atoms with Crippen LogP contribution in [0, 0.1) is 3.57 Å². The molecule has 5 heteroatoms. The molecule has 0 saturated heterocycles. The first-order valence-electron chi connectivity index (χ1n) is 4.91. The van der Waals surface area contributed by atoms with Crippen LogP contribution in [0.1, 0.15) is 12.6 Å². The van der Waals surface area contributed by atoms with E-state index in [0.717, 1.165) is 17.7 Å². The smallest absolute Gasteiger partial charge is 0.264 e. The Morgan fingerprint density at radius 1 is 1.38 bits per heavy atom. The predicted octanol–water partition coefficient (Wildman–Crippen LogP) is 2.00. The number of nitrogens with zero attached hydrogens (tertiary/aromatic N) is 2. The summed E-state index contributed by atoms with van der Waals surface area (Å²) in [7, 11) is 0. The Kier molecular flexibility index (Phi) is 3.33. The number of hydrogen-bond acceptors (Lipinski definition) is 3. The molecule has 4 nitrogen and oxygen atoms in total. The topological polar surface area (TPSA) is 58.6 Å². The Bertz CT molecular complexity index is 551. The number of aromatic amines is 1. The maximum absolute atomic E-state index is 11.7. The first-order chi connectivity index (χ1) is 7.72. The number of H-pyrrole nitrogens is 1. The maximum atomic E-state index is 11.7. The monoisotopic (exact) mass is 327 g/mol. The van der Waals surface area contributed by atoms with E-state index in [1.807, 2.05) is 41.6 Å². The number of aryl methyl sites for hydroxylation is 1. The van der Waals surface area contributed by atoms with E-state index < -0.39 is 0 Å². The van der Waals surface area contributed by atoms with Gasteiger partial charge < -0.3 is 4.98 Å². The van der Waals surface area contributed by atoms with Gasteiger partial charge in [-0.25, -0.2) is 4.98 Å². The minimum Gasteiger partial charge on any atom is -0.306 e. The van der Waals surface area contributed by atoms with Crippen LogP contribution in [0.4, 0.5) is 0 Å². The van der Waals surface area contributed by atoms with Gasteiger partial charge in [-0.15, -0.1) is 0 Å². The van der Waals surface area contributed by atoms with Crippen molar-refractivity contribution in [1.82, 2.24) is 15.0 Å². The van der Waals surface area contributed by atoms with E-state index in [2.05, 4.69) is 15.0 Å². The van der Waals surface area contributed by atoms with Crippen LogP contribution in [-0.2, 0) is 6.42 Å². The fourth-order valence-corrected chi connectivity index (χ4v) is 2.02. The number of aromatic nitrogens is 3. The molecular formula is C11H10IN3O. The van der Waals surface area contributed by atoms with Gasteiger partial charge in [0.2, 0.25) is 0 Å². The average molecular weight is 327 g/mol. The Labute approximate surface area is 106 Å². The van der Waals surface area contributed by atoms with Gasteiger partial charge in [-0.1, -0.05) is 6.92 Å². The fourth-order valence-electron chi connectivity index (χ4n) is 1.39. The fraction of sp³-hybridized carbons (Fsp3) is 0.182. The van der Waals surface area contributed by atoms with Crippen molar-refractivity contribution < 1.29 is 0 Å². The molecule has 0 saturated carbocycles. The molecule has 82 valence electrons. The number of hydrogen-bond donors (Lipinski definition) is 1. The molecule has 0 aliphatic heterocycles. The van der Waals surface area contributed by atoms with Crippen LogP contribution in [0.15, 0.2) is 29.3 Å². The molecule has 0 bridgehead atoms. The second-order valence-corrected chi connectivity index (χ2v) is 4.34. The highest BCUT2D eigenvalue weighted by molar-refractivity contribution is 14.1. The lowest BCUT2D eigenvalue weighted by atomic mass is 10.2. The molecule has 0 amide bonds. The van der Waals surface area contributed by atoms with Gasteiger partial charge in [-0.2, -0.15) is 0 Å². The van der Waals surface area contributed by atoms with Crippen LogP contribution in [0.2, 0.25) is 0 Å². The summed E-state index contributed by atoms with van der Waals surface area (Å²) in [5.74, 6) is 0.602. The first kappa shape index (κ1) is 11.3. The third kappa shape index (κ3) is 2.13. The summed E-state index contributed by atoms with van der Waals surface area (Å²) in [6, 6.07) is 3.65. The molecule has 0 fully saturated rings. The lowest BCUT2D eigenvalue weighted by Crippen LogP contribution is -2.15. The van der Waals surface area contributed by atoms with Gasteiger partial charge in [0.1, 0.15) is 5.82 Å². The second-order valence-electron chi connectivity index (χ2n) is 3.26. The highest BCUT2D eigenvalue weighted by Crippen LogP contribution is 2.14. The number of rotatable bonds is 2. The van der Waals surface area contributed by atoms with Gasteiger partial charge in [-0.05, 0) is 41.1 Å². The van der Waals surface area contributed by atoms with E-state index in [4.69, 9.17) is 0 Å². The Balaban J connectivity index is 2.60. The molecule has 0 radical (unpaired) electrons. The van der Waals surface area contributed by atoms with Gasteiger partial charge in [0, 0.05) is 18.0 Å². The quantitative estimate of drug-likeness (QED) is 0.859. The van der Waals surface area contributed by atoms with E-state index in [0.29, 0.717) is 9.39 Å². The lowest BCUT2D eigenvalue weighted by molar-refractivity contribution is 0.968. The minimum absolute atomic E-state index is 0.0840. The van der Waals surface area contributed by atoms with Crippen LogP contribution in [0.5, 0.6) is 0 Å². The van der Waals surface area contributed by atoms with Gasteiger partial charge in [0.25, 0.3) is 5.56 Å². The molecular weight excluding hydrogens is 317 g/mol. The highest BCUT2D eigenvalue weighted by atomic mass is 127. The van der Waals surface area contributed by atoms with Gasteiger partial charge in [-0.3, -0.25) is 9.78 Å². The zero-order valence-corrected chi connectivity index (χ0v) is 10.9. The zero-order valence-electron chi connectivity index (χ0n) is 8.70. The molecule has 16 heavy (non-hydrogen) atoms. The number of halogens is 1. The summed E-state index contributed by atoms with van der Waals surface area (Å²) in [4.78, 5) is 22.8. The van der Waals surface area contributed by atoms with E-state index in [-0.39, 0.29) is 5.56 Å². The number of pyridine rings is 1. The Morgan fingerprint density at radius 3 is 2.69 bits per heavy atom. The second kappa shape index (κ2) is 4.73. The zero-order chi connectivity index (χ0) is 11.5. The van der Waals surface area contributed by atoms with Crippen molar-refractivity contribution in [1.29, 1.82) is 0 Å². The van der Waals surface area contributed by atoms with Crippen molar-refractivity contribution in [2.75, 3.05) is 0 Å². The Hall–Kier alpha value is -1.24. The van der Waals surface area contributed by atoms with Crippen molar-refractivity contribution in [2.45, 2.75) is 13.3 Å². The molecule has 0 unspecified atom stereocenters. The van der Waals surface area contributed by atoms with Gasteiger partial charge >= 0.3 is 0 Å². The van der Waals surface area contributed by atoms with Crippen LogP contribution < -0.4 is 5.56 Å². The molecule has 2 aromatic rings. The molecule has 0 aliphatic carbocycles. The maximum Gasteiger partial charge on any atom is 0.264 e. The predicted molar refractivity (Wildman–Crippen MR) is 70.2 cm³/mol. The third-order valence-corrected chi connectivity index (χ3v) is 3.33. The van der Waals surface area contributed by atoms with Crippen LogP contribution in [0.3, 0.4) is 0 Å². The minimum atomic E-state index is -0.0840. The van der Waals surface area contributed by atoms with E-state index >= 15 is 0 Å². The highest BCUT2D eigenvalue weighted by Gasteiger charge is 2.08. The van der Waals surface area contributed by atoms with Crippen molar-refractivity contribution in [3.8, 4) is 11.4 Å². The standard InChI is InChI=1S/C11H10IN3O/c1-2-8-9(12)11(16)15-10(14-8)7-3-5-13-6-4-7/h3-6H,2H2,1H3,(H,14,15,16). The van der Waals surface area contributed by atoms with Crippen LogP contribution in [0.25, 0.3) is 11.4 Å². The summed E-state index contributed by atoms with van der Waals surface area (Å²) in [6.07, 6.45) is 4.11. The van der Waals surface area contributed by atoms with Crippen molar-refractivity contribution in [3.63, 3.8) is 0 Å². The van der Waals surface area contributed by atoms with Gasteiger partial charge in [0.15, 0.2) is 0 Å². The molecule has 1 N–H and O–H groups in total. The Morgan fingerprint density at radius 2 is 2.06 bits per heavy atom. The number of nitrogens with one attached hydrogen (secondary N) is 1. The average Bonchev–Trinajstić information content (AvgIpc) is 2.33. The van der Waals surface area contributed by atoms with Crippen LogP contribution in [-0.4, -0.2) is 15.0 Å². The van der Waals surface area contributed by atoms with Crippen molar-refractivity contribution in [2.24, 2.45) is 0 Å². The molecule has 0 aromatic carbocycles. The first-order valence-corrected chi connectivity index (χ1v) is 5.99. The lowest BCUT2D eigenvalue weighted by Gasteiger charge is -2.04. The SMILES string of the molecule is CCc1nc(-c2ccncc2)[nH]c(=O)c1I. The third-order valence-electron chi connectivity index (χ3n) is 2.22. The largest absolute Gasteiger partial charge is 0.306 e. The molecule has 2 aromatic heterocycles. The molecule has 0 aliphatic rings. The molecule has 0 spiro atoms. The van der Waals surface area contributed by atoms with E-state index in [1.165, 1.54) is 0 Å². The van der Waals surface area contributed by atoms with Crippen molar-refractivity contribution >= 4 is 22.6 Å². The van der Waals surface area contributed by atoms with Crippen LogP contribution >= 0.6 is 22.6 Å². The van der Waals surface area contributed by atoms with Gasteiger partial charge in [0.05, 0.1) is 9.26 Å². The molecule has 2 rings (SSSR count). The summed E-state index contributed by atoms with van der Waals surface area (Å²) >= 11 is 2.02. The normalized spacial score (nSPS) is 10.4. The summed E-state index contributed by atoms with van der Waals surface area (Å²) in [5, 5.41) is 0. The molecule has 2 heterocycles.